The number of cyclic esters (lactones) is 1. The van der Waals surface area contributed by atoms with Gasteiger partial charge in [0.05, 0.1) is 36.8 Å². The fraction of sp³-hybridized carbons (Fsp3) is 0.294. The summed E-state index contributed by atoms with van der Waals surface area (Å²) in [5.74, 6) is 0.223. The van der Waals surface area contributed by atoms with Gasteiger partial charge >= 0.3 is 11.6 Å². The van der Waals surface area contributed by atoms with Crippen molar-refractivity contribution in [3.63, 3.8) is 0 Å². The van der Waals surface area contributed by atoms with E-state index in [0.29, 0.717) is 34.5 Å². The zero-order chi connectivity index (χ0) is 16.4. The standard InChI is InChI=1S/C17H12O7/c1-20-9-6-10-12(8-3-5-22-17(8)23-10)14-11(9)7-2-4-21-15(18)13(7)16(19)24-14/h3,5-6,8,17H,2,4H2,1H3/t8?,17-/m1/s1. The van der Waals surface area contributed by atoms with E-state index in [1.165, 1.54) is 7.11 Å². The number of esters is 1. The van der Waals surface area contributed by atoms with Gasteiger partial charge in [-0.2, -0.15) is 0 Å². The SMILES string of the molecule is COc1cc2c(c3oc(=O)c4c(c13)CCOC4=O)C1C=CO[C@@H]1O2. The van der Waals surface area contributed by atoms with Crippen LogP contribution in [-0.2, 0) is 15.9 Å². The first kappa shape index (κ1) is 13.5. The molecule has 0 saturated heterocycles. The highest BCUT2D eigenvalue weighted by Gasteiger charge is 2.41. The van der Waals surface area contributed by atoms with Crippen molar-refractivity contribution in [3.05, 3.63) is 45.5 Å². The van der Waals surface area contributed by atoms with E-state index in [1.54, 1.807) is 12.3 Å². The quantitative estimate of drug-likeness (QED) is 0.583. The minimum atomic E-state index is -0.705. The topological polar surface area (TPSA) is 84.2 Å². The van der Waals surface area contributed by atoms with Crippen molar-refractivity contribution in [2.75, 3.05) is 13.7 Å². The van der Waals surface area contributed by atoms with Crippen LogP contribution in [0.1, 0.15) is 27.4 Å². The molecular formula is C17H12O7. The third-order valence-corrected chi connectivity index (χ3v) is 4.63. The maximum atomic E-state index is 12.4. The third kappa shape index (κ3) is 1.56. The maximum Gasteiger partial charge on any atom is 0.351 e. The lowest BCUT2D eigenvalue weighted by Crippen LogP contribution is -2.26. The molecule has 3 aliphatic heterocycles. The van der Waals surface area contributed by atoms with Gasteiger partial charge in [-0.3, -0.25) is 0 Å². The van der Waals surface area contributed by atoms with Crippen molar-refractivity contribution in [2.24, 2.45) is 0 Å². The molecule has 1 unspecified atom stereocenters. The lowest BCUT2D eigenvalue weighted by atomic mass is 9.93. The number of methoxy groups -OCH3 is 1. The Morgan fingerprint density at radius 1 is 1.29 bits per heavy atom. The third-order valence-electron chi connectivity index (χ3n) is 4.63. The maximum absolute atomic E-state index is 12.4. The van der Waals surface area contributed by atoms with E-state index in [2.05, 4.69) is 0 Å². The Balaban J connectivity index is 1.93. The predicted octanol–water partition coefficient (Wildman–Crippen LogP) is 1.86. The molecule has 0 N–H and O–H groups in total. The number of ether oxygens (including phenoxy) is 4. The van der Waals surface area contributed by atoms with Crippen molar-refractivity contribution < 1.29 is 28.2 Å². The molecular weight excluding hydrogens is 316 g/mol. The summed E-state index contributed by atoms with van der Waals surface area (Å²) in [5.41, 5.74) is 0.960. The number of carbonyl (C=O) groups is 1. The van der Waals surface area contributed by atoms with Gasteiger partial charge in [-0.15, -0.1) is 0 Å². The van der Waals surface area contributed by atoms with Crippen molar-refractivity contribution in [2.45, 2.75) is 18.6 Å². The van der Waals surface area contributed by atoms with Gasteiger partial charge < -0.3 is 23.4 Å². The number of rotatable bonds is 1. The molecule has 3 aliphatic rings. The van der Waals surface area contributed by atoms with Crippen molar-refractivity contribution in [1.29, 1.82) is 0 Å². The fourth-order valence-electron chi connectivity index (χ4n) is 3.60. The minimum Gasteiger partial charge on any atom is -0.496 e. The summed E-state index contributed by atoms with van der Waals surface area (Å²) in [7, 11) is 1.52. The molecule has 24 heavy (non-hydrogen) atoms. The first-order chi connectivity index (χ1) is 11.7. The second-order valence-corrected chi connectivity index (χ2v) is 5.80. The molecule has 0 bridgehead atoms. The minimum absolute atomic E-state index is 0.0549. The van der Waals surface area contributed by atoms with E-state index < -0.39 is 17.9 Å². The van der Waals surface area contributed by atoms with Gasteiger partial charge in [0.2, 0.25) is 0 Å². The molecule has 2 aromatic rings. The van der Waals surface area contributed by atoms with Gasteiger partial charge in [0.15, 0.2) is 0 Å². The van der Waals surface area contributed by atoms with E-state index in [9.17, 15) is 9.59 Å². The van der Waals surface area contributed by atoms with E-state index in [-0.39, 0.29) is 18.1 Å². The summed E-state index contributed by atoms with van der Waals surface area (Å²) < 4.78 is 27.1. The van der Waals surface area contributed by atoms with Crippen LogP contribution >= 0.6 is 0 Å². The van der Waals surface area contributed by atoms with Crippen molar-refractivity contribution in [3.8, 4) is 11.5 Å². The van der Waals surface area contributed by atoms with Crippen LogP contribution in [0.25, 0.3) is 11.0 Å². The molecule has 1 aromatic heterocycles. The summed E-state index contributed by atoms with van der Waals surface area (Å²) in [6, 6.07) is 1.74. The van der Waals surface area contributed by atoms with Gasteiger partial charge in [-0.1, -0.05) is 0 Å². The van der Waals surface area contributed by atoms with E-state index in [1.807, 2.05) is 6.08 Å². The Morgan fingerprint density at radius 3 is 3.00 bits per heavy atom. The summed E-state index contributed by atoms with van der Waals surface area (Å²) in [6.07, 6.45) is 3.39. The molecule has 0 amide bonds. The average molecular weight is 328 g/mol. The van der Waals surface area contributed by atoms with E-state index in [4.69, 9.17) is 23.4 Å². The summed E-state index contributed by atoms with van der Waals surface area (Å²) in [5, 5.41) is 0.618. The number of fused-ring (bicyclic) bond motifs is 7. The zero-order valence-corrected chi connectivity index (χ0v) is 12.7. The Hall–Kier alpha value is -2.96. The number of carbonyl (C=O) groups excluding carboxylic acids is 1. The summed E-state index contributed by atoms with van der Waals surface area (Å²) in [6.45, 7) is 0.218. The van der Waals surface area contributed by atoms with Crippen molar-refractivity contribution >= 4 is 16.9 Å². The molecule has 1 aromatic carbocycles. The largest absolute Gasteiger partial charge is 0.496 e. The zero-order valence-electron chi connectivity index (χ0n) is 12.7. The molecule has 5 rings (SSSR count). The fourth-order valence-corrected chi connectivity index (χ4v) is 3.60. The Labute approximate surface area is 135 Å². The van der Waals surface area contributed by atoms with Crippen molar-refractivity contribution in [1.82, 2.24) is 0 Å². The molecule has 0 fully saturated rings. The molecule has 7 heteroatoms. The first-order valence-electron chi connectivity index (χ1n) is 7.55. The van der Waals surface area contributed by atoms with E-state index >= 15 is 0 Å². The normalized spacial score (nSPS) is 23.1. The van der Waals surface area contributed by atoms with Gasteiger partial charge in [-0.05, 0) is 11.6 Å². The summed E-state index contributed by atoms with van der Waals surface area (Å²) in [4.78, 5) is 24.4. The smallest absolute Gasteiger partial charge is 0.351 e. The van der Waals surface area contributed by atoms with Crippen LogP contribution < -0.4 is 15.1 Å². The van der Waals surface area contributed by atoms with Crippen LogP contribution in [0.5, 0.6) is 11.5 Å². The van der Waals surface area contributed by atoms with Crippen LogP contribution in [-0.4, -0.2) is 26.0 Å². The number of hydrogen-bond donors (Lipinski definition) is 0. The molecule has 0 aliphatic carbocycles. The van der Waals surface area contributed by atoms with Crippen LogP contribution in [0.2, 0.25) is 0 Å². The highest BCUT2D eigenvalue weighted by atomic mass is 16.7. The van der Waals surface area contributed by atoms with Gasteiger partial charge in [0.1, 0.15) is 22.6 Å². The molecule has 0 saturated carbocycles. The van der Waals surface area contributed by atoms with Crippen LogP contribution in [0.15, 0.2) is 27.6 Å². The Bertz CT molecular complexity index is 985. The molecule has 7 nitrogen and oxygen atoms in total. The highest BCUT2D eigenvalue weighted by Crippen LogP contribution is 2.49. The van der Waals surface area contributed by atoms with Gasteiger partial charge in [-0.25, -0.2) is 9.59 Å². The molecule has 2 atom stereocenters. The van der Waals surface area contributed by atoms with Crippen LogP contribution in [0.4, 0.5) is 0 Å². The first-order valence-corrected chi connectivity index (χ1v) is 7.55. The van der Waals surface area contributed by atoms with Gasteiger partial charge in [0, 0.05) is 12.5 Å². The van der Waals surface area contributed by atoms with E-state index in [0.717, 1.165) is 5.56 Å². The van der Waals surface area contributed by atoms with Gasteiger partial charge in [0.25, 0.3) is 6.29 Å². The molecule has 0 spiro atoms. The second-order valence-electron chi connectivity index (χ2n) is 5.80. The molecule has 122 valence electrons. The highest BCUT2D eigenvalue weighted by molar-refractivity contribution is 6.01. The lowest BCUT2D eigenvalue weighted by Gasteiger charge is -2.18. The van der Waals surface area contributed by atoms with Crippen LogP contribution in [0, 0.1) is 0 Å². The Morgan fingerprint density at radius 2 is 2.17 bits per heavy atom. The summed E-state index contributed by atoms with van der Waals surface area (Å²) >= 11 is 0. The number of benzene rings is 1. The lowest BCUT2D eigenvalue weighted by molar-refractivity contribution is -0.00485. The predicted molar refractivity (Wildman–Crippen MR) is 80.4 cm³/mol. The average Bonchev–Trinajstić information content (AvgIpc) is 3.14. The molecule has 0 radical (unpaired) electrons. The molecule has 4 heterocycles. The monoisotopic (exact) mass is 328 g/mol. The Kier molecular flexibility index (Phi) is 2.54. The number of hydrogen-bond acceptors (Lipinski definition) is 7. The second kappa shape index (κ2) is 4.53. The van der Waals surface area contributed by atoms with Crippen LogP contribution in [0.3, 0.4) is 0 Å².